The Morgan fingerprint density at radius 1 is 1.00 bits per heavy atom. The van der Waals surface area contributed by atoms with Gasteiger partial charge in [-0.2, -0.15) is 0 Å². The molecular weight excluding hydrogens is 390 g/mol. The normalized spacial score (nSPS) is 19.5. The number of carboxylic acid groups (broad SMARTS) is 1. The highest BCUT2D eigenvalue weighted by atomic mass is 79.9. The third-order valence-electron chi connectivity index (χ3n) is 5.27. The largest absolute Gasteiger partial charge is 0.480 e. The van der Waals surface area contributed by atoms with Crippen LogP contribution < -0.4 is 0 Å². The first-order chi connectivity index (χ1) is 12.5. The number of rotatable bonds is 5. The summed E-state index contributed by atoms with van der Waals surface area (Å²) in [6.45, 7) is 5.18. The van der Waals surface area contributed by atoms with Gasteiger partial charge in [-0.25, -0.2) is 0 Å². The molecule has 138 valence electrons. The minimum absolute atomic E-state index is 0.0364. The molecule has 1 aliphatic rings. The van der Waals surface area contributed by atoms with Crippen molar-refractivity contribution in [2.24, 2.45) is 0 Å². The van der Waals surface area contributed by atoms with Crippen molar-refractivity contribution in [1.29, 1.82) is 0 Å². The zero-order valence-electron chi connectivity index (χ0n) is 15.4. The molecule has 3 rings (SSSR count). The molecule has 0 spiro atoms. The molecule has 1 N–H and O–H groups in total. The number of halogens is 1. The number of nitrogens with zero attached hydrogens (tertiary/aromatic N) is 1. The van der Waals surface area contributed by atoms with E-state index in [4.69, 9.17) is 0 Å². The maximum absolute atomic E-state index is 11.9. The van der Waals surface area contributed by atoms with E-state index < -0.39 is 12.0 Å². The zero-order valence-corrected chi connectivity index (χ0v) is 16.9. The second kappa shape index (κ2) is 8.36. The van der Waals surface area contributed by atoms with E-state index in [2.05, 4.69) is 71.1 Å². The SMILES string of the molecule is CC(C)c1ccc(C(c2ccc(Br)cc2)N2CCCCC2C(=O)O)cc1. The zero-order chi connectivity index (χ0) is 18.7. The van der Waals surface area contributed by atoms with Crippen LogP contribution in [0.2, 0.25) is 0 Å². The first kappa shape index (κ1) is 19.1. The summed E-state index contributed by atoms with van der Waals surface area (Å²) in [7, 11) is 0. The number of carbonyl (C=O) groups is 1. The van der Waals surface area contributed by atoms with E-state index in [0.717, 1.165) is 35.0 Å². The molecule has 2 aromatic carbocycles. The van der Waals surface area contributed by atoms with Gasteiger partial charge >= 0.3 is 5.97 Å². The Morgan fingerprint density at radius 3 is 2.08 bits per heavy atom. The van der Waals surface area contributed by atoms with Gasteiger partial charge in [0.1, 0.15) is 6.04 Å². The first-order valence-electron chi connectivity index (χ1n) is 9.31. The van der Waals surface area contributed by atoms with Gasteiger partial charge in [-0.3, -0.25) is 9.69 Å². The van der Waals surface area contributed by atoms with Gasteiger partial charge in [0.25, 0.3) is 0 Å². The lowest BCUT2D eigenvalue weighted by Gasteiger charge is -2.39. The van der Waals surface area contributed by atoms with Crippen LogP contribution in [0.4, 0.5) is 0 Å². The van der Waals surface area contributed by atoms with Crippen molar-refractivity contribution in [3.8, 4) is 0 Å². The lowest BCUT2D eigenvalue weighted by molar-refractivity contribution is -0.145. The van der Waals surface area contributed by atoms with E-state index in [-0.39, 0.29) is 6.04 Å². The molecule has 3 nitrogen and oxygen atoms in total. The van der Waals surface area contributed by atoms with Crippen molar-refractivity contribution in [3.05, 3.63) is 69.7 Å². The molecule has 2 aromatic rings. The second-order valence-corrected chi connectivity index (χ2v) is 8.28. The molecule has 0 radical (unpaired) electrons. The molecule has 0 saturated carbocycles. The van der Waals surface area contributed by atoms with Crippen LogP contribution in [0.5, 0.6) is 0 Å². The summed E-state index contributed by atoms with van der Waals surface area (Å²) >= 11 is 3.50. The smallest absolute Gasteiger partial charge is 0.320 e. The monoisotopic (exact) mass is 415 g/mol. The summed E-state index contributed by atoms with van der Waals surface area (Å²) in [4.78, 5) is 14.0. The summed E-state index contributed by atoms with van der Waals surface area (Å²) < 4.78 is 1.03. The lowest BCUT2D eigenvalue weighted by Crippen LogP contribution is -2.46. The fourth-order valence-electron chi connectivity index (χ4n) is 3.81. The lowest BCUT2D eigenvalue weighted by atomic mass is 9.90. The minimum Gasteiger partial charge on any atom is -0.480 e. The fourth-order valence-corrected chi connectivity index (χ4v) is 4.08. The van der Waals surface area contributed by atoms with Crippen molar-refractivity contribution in [2.45, 2.75) is 51.1 Å². The summed E-state index contributed by atoms with van der Waals surface area (Å²) in [5.74, 6) is -0.234. The average Bonchev–Trinajstić information content (AvgIpc) is 2.64. The Morgan fingerprint density at radius 2 is 1.54 bits per heavy atom. The van der Waals surface area contributed by atoms with Crippen molar-refractivity contribution < 1.29 is 9.90 Å². The van der Waals surface area contributed by atoms with Crippen LogP contribution in [-0.4, -0.2) is 28.6 Å². The summed E-state index contributed by atoms with van der Waals surface area (Å²) in [5, 5.41) is 9.76. The molecule has 2 atom stereocenters. The van der Waals surface area contributed by atoms with E-state index in [0.29, 0.717) is 12.3 Å². The van der Waals surface area contributed by atoms with Crippen LogP contribution in [0.1, 0.15) is 61.8 Å². The van der Waals surface area contributed by atoms with Crippen LogP contribution in [0.3, 0.4) is 0 Å². The van der Waals surface area contributed by atoms with Gasteiger partial charge in [-0.15, -0.1) is 0 Å². The maximum Gasteiger partial charge on any atom is 0.320 e. The van der Waals surface area contributed by atoms with Gasteiger partial charge in [0.05, 0.1) is 6.04 Å². The maximum atomic E-state index is 11.9. The van der Waals surface area contributed by atoms with Gasteiger partial charge < -0.3 is 5.11 Å². The number of likely N-dealkylation sites (tertiary alicyclic amines) is 1. The van der Waals surface area contributed by atoms with Crippen molar-refractivity contribution in [1.82, 2.24) is 4.90 Å². The van der Waals surface area contributed by atoms with E-state index >= 15 is 0 Å². The highest BCUT2D eigenvalue weighted by Gasteiger charge is 2.35. The third kappa shape index (κ3) is 4.18. The molecular formula is C22H26BrNO2. The van der Waals surface area contributed by atoms with E-state index in [9.17, 15) is 9.90 Å². The summed E-state index contributed by atoms with van der Waals surface area (Å²) in [5.41, 5.74) is 3.60. The minimum atomic E-state index is -0.717. The average molecular weight is 416 g/mol. The van der Waals surface area contributed by atoms with E-state index in [1.54, 1.807) is 0 Å². The Kier molecular flexibility index (Phi) is 6.15. The predicted molar refractivity (Wildman–Crippen MR) is 108 cm³/mol. The molecule has 2 unspecified atom stereocenters. The summed E-state index contributed by atoms with van der Waals surface area (Å²) in [6.07, 6.45) is 2.74. The number of hydrogen-bond acceptors (Lipinski definition) is 2. The Hall–Kier alpha value is -1.65. The van der Waals surface area contributed by atoms with Crippen LogP contribution >= 0.6 is 15.9 Å². The van der Waals surface area contributed by atoms with Crippen LogP contribution in [0, 0.1) is 0 Å². The van der Waals surface area contributed by atoms with Gasteiger partial charge in [0, 0.05) is 4.47 Å². The van der Waals surface area contributed by atoms with E-state index in [1.807, 2.05) is 12.1 Å². The topological polar surface area (TPSA) is 40.5 Å². The van der Waals surface area contributed by atoms with Crippen molar-refractivity contribution >= 4 is 21.9 Å². The predicted octanol–water partition coefficient (Wildman–Crippen LogP) is 5.60. The number of aliphatic carboxylic acids is 1. The van der Waals surface area contributed by atoms with Gasteiger partial charge in [0.15, 0.2) is 0 Å². The molecule has 1 aliphatic heterocycles. The number of benzene rings is 2. The highest BCUT2D eigenvalue weighted by molar-refractivity contribution is 9.10. The van der Waals surface area contributed by atoms with E-state index in [1.165, 1.54) is 5.56 Å². The molecule has 0 aliphatic carbocycles. The Bertz CT molecular complexity index is 740. The highest BCUT2D eigenvalue weighted by Crippen LogP contribution is 2.35. The molecule has 4 heteroatoms. The van der Waals surface area contributed by atoms with Gasteiger partial charge in [-0.05, 0) is 54.1 Å². The molecule has 0 amide bonds. The standard InChI is InChI=1S/C22H26BrNO2/c1-15(2)16-6-8-17(9-7-16)21(18-10-12-19(23)13-11-18)24-14-4-3-5-20(24)22(25)26/h6-13,15,20-21H,3-5,14H2,1-2H3,(H,25,26). The Balaban J connectivity index is 2.03. The van der Waals surface area contributed by atoms with Gasteiger partial charge in [-0.1, -0.05) is 72.6 Å². The van der Waals surface area contributed by atoms with Crippen molar-refractivity contribution in [2.75, 3.05) is 6.54 Å². The van der Waals surface area contributed by atoms with Crippen LogP contribution in [0.15, 0.2) is 53.0 Å². The third-order valence-corrected chi connectivity index (χ3v) is 5.79. The molecule has 0 bridgehead atoms. The van der Waals surface area contributed by atoms with Crippen LogP contribution in [-0.2, 0) is 4.79 Å². The molecule has 1 saturated heterocycles. The Labute approximate surface area is 164 Å². The quantitative estimate of drug-likeness (QED) is 0.690. The summed E-state index contributed by atoms with van der Waals surface area (Å²) in [6, 6.07) is 16.5. The number of piperidine rings is 1. The molecule has 0 aromatic heterocycles. The first-order valence-corrected chi connectivity index (χ1v) is 10.1. The number of hydrogen-bond donors (Lipinski definition) is 1. The van der Waals surface area contributed by atoms with Crippen molar-refractivity contribution in [3.63, 3.8) is 0 Å². The molecule has 1 fully saturated rings. The fraction of sp³-hybridized carbons (Fsp3) is 0.409. The van der Waals surface area contributed by atoms with Crippen LogP contribution in [0.25, 0.3) is 0 Å². The van der Waals surface area contributed by atoms with Gasteiger partial charge in [0.2, 0.25) is 0 Å². The molecule has 26 heavy (non-hydrogen) atoms. The second-order valence-electron chi connectivity index (χ2n) is 7.36. The number of carboxylic acids is 1. The molecule has 1 heterocycles.